The molecule has 0 saturated heterocycles. The maximum Gasteiger partial charge on any atom is 0.224 e. The number of thiophene rings is 1. The summed E-state index contributed by atoms with van der Waals surface area (Å²) in [5, 5.41) is 16.2. The summed E-state index contributed by atoms with van der Waals surface area (Å²) in [6, 6.07) is 7.78. The molecule has 1 unspecified atom stereocenters. The molecule has 126 valence electrons. The second kappa shape index (κ2) is 6.42. The minimum Gasteiger partial charge on any atom is -0.464 e. The lowest BCUT2D eigenvalue weighted by Crippen LogP contribution is -2.38. The maximum absolute atomic E-state index is 12.3. The van der Waals surface area contributed by atoms with Gasteiger partial charge >= 0.3 is 0 Å². The van der Waals surface area contributed by atoms with Gasteiger partial charge in [0.25, 0.3) is 0 Å². The van der Waals surface area contributed by atoms with E-state index in [4.69, 9.17) is 4.42 Å². The van der Waals surface area contributed by atoms with E-state index >= 15 is 0 Å². The first-order valence-corrected chi connectivity index (χ1v) is 8.76. The van der Waals surface area contributed by atoms with E-state index in [1.807, 2.05) is 43.5 Å². The number of carbonyl (C=O) groups excluding carboxylic acids is 1. The lowest BCUT2D eigenvalue weighted by molar-refractivity contribution is -0.121. The van der Waals surface area contributed by atoms with Crippen molar-refractivity contribution < 1.29 is 14.3 Å². The molecule has 24 heavy (non-hydrogen) atoms. The molecular formula is C19H21NO3S. The van der Waals surface area contributed by atoms with Crippen LogP contribution in [0.2, 0.25) is 0 Å². The Balaban J connectivity index is 1.69. The Morgan fingerprint density at radius 2 is 2.12 bits per heavy atom. The molecule has 2 heterocycles. The second-order valence-corrected chi connectivity index (χ2v) is 7.30. The number of hydrogen-bond donors (Lipinski definition) is 2. The van der Waals surface area contributed by atoms with Crippen LogP contribution in [-0.4, -0.2) is 17.6 Å². The van der Waals surface area contributed by atoms with E-state index in [-0.39, 0.29) is 18.9 Å². The molecule has 3 aromatic rings. The zero-order valence-corrected chi connectivity index (χ0v) is 14.9. The molecule has 0 aliphatic carbocycles. The third-order valence-corrected chi connectivity index (χ3v) is 5.50. The van der Waals surface area contributed by atoms with E-state index in [1.54, 1.807) is 13.2 Å². The standard InChI is InChI=1S/C19H21NO3S/c1-12-6-7-15-14(10-23-18(15)13(12)2)9-17(21)20-11-19(3,22)16-5-4-8-24-16/h4-8,10,22H,9,11H2,1-3H3,(H,20,21). The van der Waals surface area contributed by atoms with Crippen LogP contribution in [0.25, 0.3) is 11.0 Å². The summed E-state index contributed by atoms with van der Waals surface area (Å²) >= 11 is 1.48. The number of nitrogens with one attached hydrogen (secondary N) is 1. The van der Waals surface area contributed by atoms with Gasteiger partial charge < -0.3 is 14.8 Å². The van der Waals surface area contributed by atoms with Gasteiger partial charge in [-0.15, -0.1) is 11.3 Å². The second-order valence-electron chi connectivity index (χ2n) is 6.35. The lowest BCUT2D eigenvalue weighted by atomic mass is 10.0. The fraction of sp³-hybridized carbons (Fsp3) is 0.316. The first-order chi connectivity index (χ1) is 11.4. The van der Waals surface area contributed by atoms with Gasteiger partial charge in [0, 0.05) is 15.8 Å². The van der Waals surface area contributed by atoms with E-state index in [0.717, 1.165) is 27.0 Å². The average Bonchev–Trinajstić information content (AvgIpc) is 3.20. The molecule has 3 rings (SSSR count). The fourth-order valence-electron chi connectivity index (χ4n) is 2.70. The Labute approximate surface area is 145 Å². The highest BCUT2D eigenvalue weighted by molar-refractivity contribution is 7.10. The van der Waals surface area contributed by atoms with E-state index in [2.05, 4.69) is 5.32 Å². The highest BCUT2D eigenvalue weighted by Crippen LogP contribution is 2.27. The van der Waals surface area contributed by atoms with Gasteiger partial charge in [-0.25, -0.2) is 0 Å². The van der Waals surface area contributed by atoms with E-state index in [9.17, 15) is 9.90 Å². The Hall–Kier alpha value is -2.11. The van der Waals surface area contributed by atoms with Crippen molar-refractivity contribution in [3.8, 4) is 0 Å². The number of rotatable bonds is 5. The Morgan fingerprint density at radius 1 is 1.33 bits per heavy atom. The third-order valence-electron chi connectivity index (χ3n) is 4.37. The van der Waals surface area contributed by atoms with E-state index < -0.39 is 5.60 Å². The number of hydrogen-bond acceptors (Lipinski definition) is 4. The van der Waals surface area contributed by atoms with Crippen LogP contribution in [0.1, 0.15) is 28.5 Å². The van der Waals surface area contributed by atoms with Crippen molar-refractivity contribution in [1.29, 1.82) is 0 Å². The number of benzene rings is 1. The van der Waals surface area contributed by atoms with E-state index in [1.165, 1.54) is 16.9 Å². The fourth-order valence-corrected chi connectivity index (χ4v) is 3.49. The van der Waals surface area contributed by atoms with Gasteiger partial charge in [-0.2, -0.15) is 0 Å². The normalized spacial score (nSPS) is 13.8. The minimum absolute atomic E-state index is 0.132. The SMILES string of the molecule is Cc1ccc2c(CC(=O)NCC(C)(O)c3cccs3)coc2c1C. The Morgan fingerprint density at radius 3 is 2.83 bits per heavy atom. The Bertz CT molecular complexity index is 862. The number of amides is 1. The minimum atomic E-state index is -1.06. The van der Waals surface area contributed by atoms with Crippen LogP contribution < -0.4 is 5.32 Å². The van der Waals surface area contributed by atoms with Crippen LogP contribution in [0.15, 0.2) is 40.3 Å². The van der Waals surface area contributed by atoms with Crippen molar-refractivity contribution in [2.45, 2.75) is 32.8 Å². The summed E-state index contributed by atoms with van der Waals surface area (Å²) in [7, 11) is 0. The Kier molecular flexibility index (Phi) is 4.47. The summed E-state index contributed by atoms with van der Waals surface area (Å²) in [6.07, 6.45) is 1.88. The molecule has 1 aromatic carbocycles. The van der Waals surface area contributed by atoms with Crippen LogP contribution in [0.4, 0.5) is 0 Å². The highest BCUT2D eigenvalue weighted by atomic mass is 32.1. The molecule has 4 nitrogen and oxygen atoms in total. The quantitative estimate of drug-likeness (QED) is 0.743. The van der Waals surface area contributed by atoms with Gasteiger partial charge in [-0.1, -0.05) is 18.2 Å². The van der Waals surface area contributed by atoms with Crippen LogP contribution in [-0.2, 0) is 16.8 Å². The summed E-state index contributed by atoms with van der Waals surface area (Å²) in [4.78, 5) is 13.1. The van der Waals surface area contributed by atoms with Crippen molar-refractivity contribution in [3.63, 3.8) is 0 Å². The number of furan rings is 1. The van der Waals surface area contributed by atoms with Gasteiger partial charge in [-0.3, -0.25) is 4.79 Å². The van der Waals surface area contributed by atoms with Crippen molar-refractivity contribution in [3.05, 3.63) is 57.5 Å². The lowest BCUT2D eigenvalue weighted by Gasteiger charge is -2.22. The number of aryl methyl sites for hydroxylation is 2. The summed E-state index contributed by atoms with van der Waals surface area (Å²) < 4.78 is 5.64. The first kappa shape index (κ1) is 16.7. The van der Waals surface area contributed by atoms with E-state index in [0.29, 0.717) is 0 Å². The van der Waals surface area contributed by atoms with Crippen molar-refractivity contribution in [2.75, 3.05) is 6.54 Å². The van der Waals surface area contributed by atoms with Gasteiger partial charge in [-0.05, 0) is 43.3 Å². The molecule has 5 heteroatoms. The van der Waals surface area contributed by atoms with Gasteiger partial charge in [0.2, 0.25) is 5.91 Å². The predicted molar refractivity (Wildman–Crippen MR) is 96.3 cm³/mol. The molecule has 0 aliphatic heterocycles. The van der Waals surface area contributed by atoms with Crippen molar-refractivity contribution in [2.24, 2.45) is 0 Å². The molecule has 1 atom stereocenters. The number of aliphatic hydroxyl groups is 1. The van der Waals surface area contributed by atoms with Crippen molar-refractivity contribution >= 4 is 28.2 Å². The highest BCUT2D eigenvalue weighted by Gasteiger charge is 2.25. The largest absolute Gasteiger partial charge is 0.464 e. The number of fused-ring (bicyclic) bond motifs is 1. The molecule has 0 spiro atoms. The molecule has 2 aromatic heterocycles. The van der Waals surface area contributed by atoms with Crippen molar-refractivity contribution in [1.82, 2.24) is 5.32 Å². The molecule has 0 saturated carbocycles. The molecule has 2 N–H and O–H groups in total. The van der Waals surface area contributed by atoms with Crippen LogP contribution >= 0.6 is 11.3 Å². The molecule has 0 radical (unpaired) electrons. The summed E-state index contributed by atoms with van der Waals surface area (Å²) in [5.41, 5.74) is 2.90. The zero-order chi connectivity index (χ0) is 17.3. The molecule has 0 aliphatic rings. The van der Waals surface area contributed by atoms with Gasteiger partial charge in [0.1, 0.15) is 11.2 Å². The predicted octanol–water partition coefficient (Wildman–Crippen LogP) is 3.68. The molecule has 0 bridgehead atoms. The first-order valence-electron chi connectivity index (χ1n) is 7.88. The van der Waals surface area contributed by atoms with Gasteiger partial charge in [0.15, 0.2) is 0 Å². The maximum atomic E-state index is 12.3. The van der Waals surface area contributed by atoms with Crippen LogP contribution in [0.5, 0.6) is 0 Å². The topological polar surface area (TPSA) is 62.5 Å². The summed E-state index contributed by atoms with van der Waals surface area (Å²) in [5.74, 6) is -0.132. The molecule has 1 amide bonds. The van der Waals surface area contributed by atoms with Crippen LogP contribution in [0.3, 0.4) is 0 Å². The average molecular weight is 343 g/mol. The smallest absolute Gasteiger partial charge is 0.224 e. The number of carbonyl (C=O) groups is 1. The summed E-state index contributed by atoms with van der Waals surface area (Å²) in [6.45, 7) is 5.94. The molecule has 0 fully saturated rings. The van der Waals surface area contributed by atoms with Gasteiger partial charge in [0.05, 0.1) is 19.2 Å². The zero-order valence-electron chi connectivity index (χ0n) is 14.1. The molecular weight excluding hydrogens is 322 g/mol. The third kappa shape index (κ3) is 3.23. The van der Waals surface area contributed by atoms with Crippen LogP contribution in [0, 0.1) is 13.8 Å². The monoisotopic (exact) mass is 343 g/mol.